The minimum Gasteiger partial charge on any atom is -0.857 e. The first-order valence-electron chi connectivity index (χ1n) is 1.93. The van der Waals surface area contributed by atoms with E-state index in [0.29, 0.717) is 6.61 Å². The predicted molar refractivity (Wildman–Crippen MR) is 23.3 cm³/mol. The quantitative estimate of drug-likeness (QED) is 0.357. The first kappa shape index (κ1) is 15.7. The second kappa shape index (κ2) is 28.4. The molecule has 0 aliphatic carbocycles. The molecule has 3 heteroatoms. The van der Waals surface area contributed by atoms with Gasteiger partial charge < -0.3 is 10.2 Å². The first-order chi connectivity index (χ1) is 2.91. The van der Waals surface area contributed by atoms with Gasteiger partial charge in [0.15, 0.2) is 0 Å². The molecule has 0 saturated heterocycles. The second-order valence-corrected chi connectivity index (χ2v) is 0.724. The summed E-state index contributed by atoms with van der Waals surface area (Å²) in [5, 5.41) is 16.1. The van der Waals surface area contributed by atoms with Crippen LogP contribution in [0.4, 0.5) is 0 Å². The molecule has 2 nitrogen and oxygen atoms in total. The maximum atomic E-state index is 8.25. The fourth-order valence-electron chi connectivity index (χ4n) is 0. The molecule has 1 N–H and O–H groups in total. The number of rotatable bonds is 1. The molecule has 0 spiro atoms. The molecular formula is C4H11NaO2. The molecule has 0 radical (unpaired) electrons. The zero-order chi connectivity index (χ0) is 5.41. The van der Waals surface area contributed by atoms with Crippen molar-refractivity contribution in [2.24, 2.45) is 0 Å². The Morgan fingerprint density at radius 3 is 1.57 bits per heavy atom. The van der Waals surface area contributed by atoms with E-state index in [-0.39, 0.29) is 29.6 Å². The van der Waals surface area contributed by atoms with Crippen LogP contribution in [0.15, 0.2) is 0 Å². The summed E-state index contributed by atoms with van der Waals surface area (Å²) in [7, 11) is 0.750. The molecule has 0 aromatic carbocycles. The normalized spacial score (nSPS) is 5.14. The maximum absolute atomic E-state index is 8.25. The second-order valence-electron chi connectivity index (χ2n) is 0.724. The van der Waals surface area contributed by atoms with E-state index in [2.05, 4.69) is 0 Å². The van der Waals surface area contributed by atoms with Gasteiger partial charge in [0.1, 0.15) is 0 Å². The molecular weight excluding hydrogens is 103 g/mol. The summed E-state index contributed by atoms with van der Waals surface area (Å²) in [6, 6.07) is 0. The van der Waals surface area contributed by atoms with Crippen molar-refractivity contribution in [2.75, 3.05) is 13.7 Å². The summed E-state index contributed by atoms with van der Waals surface area (Å²) in [4.78, 5) is 0. The van der Waals surface area contributed by atoms with Crippen LogP contribution in [0.3, 0.4) is 0 Å². The van der Waals surface area contributed by atoms with Gasteiger partial charge in [-0.05, 0) is 6.42 Å². The van der Waals surface area contributed by atoms with Crippen molar-refractivity contribution in [1.29, 1.82) is 0 Å². The zero-order valence-electron chi connectivity index (χ0n) is 5.27. The third kappa shape index (κ3) is 45.4. The molecule has 0 fully saturated rings. The van der Waals surface area contributed by atoms with E-state index in [4.69, 9.17) is 10.2 Å². The van der Waals surface area contributed by atoms with E-state index in [1.807, 2.05) is 6.92 Å². The van der Waals surface area contributed by atoms with Gasteiger partial charge in [-0.2, -0.15) is 7.11 Å². The molecule has 0 aliphatic rings. The summed E-state index contributed by atoms with van der Waals surface area (Å²) in [6.07, 6.45) is 0.875. The predicted octanol–water partition coefficient (Wildman–Crippen LogP) is -3.63. The van der Waals surface area contributed by atoms with Gasteiger partial charge in [-0.25, -0.2) is 0 Å². The number of aliphatic hydroxyl groups excluding tert-OH is 1. The standard InChI is InChI=1S/C3H8O.CH3O.Na/c1-2-3-4;1-2;/h4H,2-3H2,1H3;1H3;/q;-1;+1. The molecule has 0 unspecified atom stereocenters. The van der Waals surface area contributed by atoms with Crippen molar-refractivity contribution < 1.29 is 39.8 Å². The van der Waals surface area contributed by atoms with E-state index in [1.165, 1.54) is 0 Å². The number of hydrogen-bond acceptors (Lipinski definition) is 2. The van der Waals surface area contributed by atoms with Crippen molar-refractivity contribution in [3.8, 4) is 0 Å². The molecule has 0 amide bonds. The van der Waals surface area contributed by atoms with Gasteiger partial charge >= 0.3 is 29.6 Å². The topological polar surface area (TPSA) is 43.3 Å². The van der Waals surface area contributed by atoms with Crippen LogP contribution in [-0.4, -0.2) is 18.8 Å². The van der Waals surface area contributed by atoms with Gasteiger partial charge in [0, 0.05) is 6.61 Å². The van der Waals surface area contributed by atoms with Gasteiger partial charge in [0.2, 0.25) is 0 Å². The Kier molecular flexibility index (Phi) is 63.7. The molecule has 0 aliphatic heterocycles. The van der Waals surface area contributed by atoms with Crippen LogP contribution < -0.4 is 34.7 Å². The van der Waals surface area contributed by atoms with Crippen molar-refractivity contribution in [3.63, 3.8) is 0 Å². The van der Waals surface area contributed by atoms with E-state index in [9.17, 15) is 0 Å². The first-order valence-corrected chi connectivity index (χ1v) is 1.93. The van der Waals surface area contributed by atoms with Crippen LogP contribution in [0.1, 0.15) is 13.3 Å². The number of aliphatic hydroxyl groups is 1. The Hall–Kier alpha value is 0.920. The summed E-state index contributed by atoms with van der Waals surface area (Å²) in [6.45, 7) is 2.25. The van der Waals surface area contributed by atoms with Crippen LogP contribution in [0.5, 0.6) is 0 Å². The molecule has 0 rings (SSSR count). The summed E-state index contributed by atoms with van der Waals surface area (Å²) in [5.41, 5.74) is 0. The molecule has 0 atom stereocenters. The Morgan fingerprint density at radius 1 is 1.43 bits per heavy atom. The Labute approximate surface area is 66.8 Å². The Balaban J connectivity index is -0.0000000480. The van der Waals surface area contributed by atoms with Crippen molar-refractivity contribution >= 4 is 0 Å². The summed E-state index contributed by atoms with van der Waals surface area (Å²) >= 11 is 0. The SMILES string of the molecule is CCCO.C[O-].[Na+]. The largest absolute Gasteiger partial charge is 1.00 e. The fourth-order valence-corrected chi connectivity index (χ4v) is 0. The molecule has 40 valence electrons. The zero-order valence-corrected chi connectivity index (χ0v) is 7.27. The molecule has 7 heavy (non-hydrogen) atoms. The maximum Gasteiger partial charge on any atom is 1.00 e. The minimum absolute atomic E-state index is 0. The van der Waals surface area contributed by atoms with Gasteiger partial charge in [-0.15, -0.1) is 0 Å². The Bertz CT molecular complexity index is 11.7. The molecule has 0 aromatic rings. The van der Waals surface area contributed by atoms with E-state index in [1.54, 1.807) is 0 Å². The average molecular weight is 114 g/mol. The molecule has 0 saturated carbocycles. The fraction of sp³-hybridized carbons (Fsp3) is 1.00. The Morgan fingerprint density at radius 2 is 1.57 bits per heavy atom. The van der Waals surface area contributed by atoms with Gasteiger partial charge in [-0.3, -0.25) is 0 Å². The van der Waals surface area contributed by atoms with Crippen molar-refractivity contribution in [1.82, 2.24) is 0 Å². The smallest absolute Gasteiger partial charge is 0.857 e. The van der Waals surface area contributed by atoms with Crippen molar-refractivity contribution in [3.05, 3.63) is 0 Å². The van der Waals surface area contributed by atoms with Crippen LogP contribution in [0.25, 0.3) is 0 Å². The number of hydrogen-bond donors (Lipinski definition) is 1. The van der Waals surface area contributed by atoms with E-state index < -0.39 is 0 Å². The van der Waals surface area contributed by atoms with E-state index in [0.717, 1.165) is 13.5 Å². The summed E-state index contributed by atoms with van der Waals surface area (Å²) in [5.74, 6) is 0. The van der Waals surface area contributed by atoms with Crippen molar-refractivity contribution in [2.45, 2.75) is 13.3 Å². The van der Waals surface area contributed by atoms with Crippen LogP contribution in [0, 0.1) is 0 Å². The minimum atomic E-state index is 0. The van der Waals surface area contributed by atoms with Gasteiger partial charge in [0.25, 0.3) is 0 Å². The van der Waals surface area contributed by atoms with Crippen LogP contribution in [0.2, 0.25) is 0 Å². The monoisotopic (exact) mass is 114 g/mol. The van der Waals surface area contributed by atoms with Crippen LogP contribution in [-0.2, 0) is 0 Å². The van der Waals surface area contributed by atoms with E-state index >= 15 is 0 Å². The summed E-state index contributed by atoms with van der Waals surface area (Å²) < 4.78 is 0. The third-order valence-electron chi connectivity index (χ3n) is 0.224. The molecule has 0 heterocycles. The molecule has 0 bridgehead atoms. The van der Waals surface area contributed by atoms with Gasteiger partial charge in [-0.1, -0.05) is 6.92 Å². The average Bonchev–Trinajstić information content (AvgIpc) is 1.72. The van der Waals surface area contributed by atoms with Gasteiger partial charge in [0.05, 0.1) is 0 Å². The third-order valence-corrected chi connectivity index (χ3v) is 0.224. The molecule has 0 aromatic heterocycles. The van der Waals surface area contributed by atoms with Crippen LogP contribution >= 0.6 is 0 Å².